The first-order valence-electron chi connectivity index (χ1n) is 4.97. The number of methoxy groups -OCH3 is 1. The number of nitrogen functional groups attached to an aromatic ring is 1. The molecule has 0 fully saturated rings. The fraction of sp³-hybridized carbons (Fsp3) is 0.0833. The highest BCUT2D eigenvalue weighted by Gasteiger charge is 2.13. The molecule has 5 nitrogen and oxygen atoms in total. The van der Waals surface area contributed by atoms with Crippen molar-refractivity contribution in [1.82, 2.24) is 9.97 Å². The molecule has 86 valence electrons. The van der Waals surface area contributed by atoms with Gasteiger partial charge in [-0.25, -0.2) is 9.78 Å². The Morgan fingerprint density at radius 2 is 2.00 bits per heavy atom. The van der Waals surface area contributed by atoms with Crippen molar-refractivity contribution < 1.29 is 9.53 Å². The summed E-state index contributed by atoms with van der Waals surface area (Å²) < 4.78 is 4.71. The number of aromatic nitrogens is 2. The number of esters is 1. The Morgan fingerprint density at radius 3 is 2.65 bits per heavy atom. The molecule has 1 aromatic heterocycles. The third kappa shape index (κ3) is 2.23. The maximum atomic E-state index is 11.6. The molecule has 5 heteroatoms. The number of anilines is 1. The predicted molar refractivity (Wildman–Crippen MR) is 63.2 cm³/mol. The van der Waals surface area contributed by atoms with E-state index in [1.54, 1.807) is 18.2 Å². The van der Waals surface area contributed by atoms with Crippen molar-refractivity contribution in [2.75, 3.05) is 12.8 Å². The van der Waals surface area contributed by atoms with Crippen LogP contribution < -0.4 is 5.73 Å². The van der Waals surface area contributed by atoms with Crippen LogP contribution in [0.15, 0.2) is 36.7 Å². The van der Waals surface area contributed by atoms with Crippen LogP contribution in [-0.2, 0) is 4.74 Å². The molecule has 17 heavy (non-hydrogen) atoms. The number of hydrogen-bond donors (Lipinski definition) is 1. The van der Waals surface area contributed by atoms with Gasteiger partial charge < -0.3 is 10.5 Å². The SMILES string of the molecule is COC(=O)c1ccccc1-c1cnc(N)cn1. The smallest absolute Gasteiger partial charge is 0.338 e. The first kappa shape index (κ1) is 11.1. The second-order valence-corrected chi connectivity index (χ2v) is 3.36. The first-order valence-corrected chi connectivity index (χ1v) is 4.97. The second-order valence-electron chi connectivity index (χ2n) is 3.36. The number of carbonyl (C=O) groups excluding carboxylic acids is 1. The Labute approximate surface area is 98.3 Å². The van der Waals surface area contributed by atoms with E-state index in [2.05, 4.69) is 9.97 Å². The minimum atomic E-state index is -0.403. The normalized spacial score (nSPS) is 9.94. The van der Waals surface area contributed by atoms with E-state index in [-0.39, 0.29) is 0 Å². The summed E-state index contributed by atoms with van der Waals surface area (Å²) in [7, 11) is 1.34. The molecule has 0 saturated carbocycles. The zero-order valence-corrected chi connectivity index (χ0v) is 9.25. The van der Waals surface area contributed by atoms with Crippen molar-refractivity contribution in [3.05, 3.63) is 42.2 Å². The molecule has 0 atom stereocenters. The Morgan fingerprint density at radius 1 is 1.24 bits per heavy atom. The number of ether oxygens (including phenoxy) is 1. The van der Waals surface area contributed by atoms with Gasteiger partial charge in [-0.1, -0.05) is 18.2 Å². The number of carbonyl (C=O) groups is 1. The molecule has 0 saturated heterocycles. The Balaban J connectivity index is 2.51. The standard InChI is InChI=1S/C12H11N3O2/c1-17-12(16)9-5-3-2-4-8(9)10-6-15-11(13)7-14-10/h2-7H,1H3,(H2,13,15). The van der Waals surface area contributed by atoms with Crippen molar-refractivity contribution >= 4 is 11.8 Å². The van der Waals surface area contributed by atoms with Crippen LogP contribution in [0.3, 0.4) is 0 Å². The van der Waals surface area contributed by atoms with Crippen LogP contribution in [0.4, 0.5) is 5.82 Å². The highest BCUT2D eigenvalue weighted by molar-refractivity contribution is 5.96. The summed E-state index contributed by atoms with van der Waals surface area (Å²) in [6.07, 6.45) is 2.97. The maximum Gasteiger partial charge on any atom is 0.338 e. The lowest BCUT2D eigenvalue weighted by atomic mass is 10.1. The van der Waals surface area contributed by atoms with Crippen LogP contribution in [0.1, 0.15) is 10.4 Å². The molecule has 2 aromatic rings. The van der Waals surface area contributed by atoms with Gasteiger partial charge in [0.2, 0.25) is 0 Å². The fourth-order valence-electron chi connectivity index (χ4n) is 1.47. The van der Waals surface area contributed by atoms with Crippen molar-refractivity contribution in [1.29, 1.82) is 0 Å². The molecular weight excluding hydrogens is 218 g/mol. The first-order chi connectivity index (χ1) is 8.22. The number of nitrogens with two attached hydrogens (primary N) is 1. The molecular formula is C12H11N3O2. The van der Waals surface area contributed by atoms with E-state index in [9.17, 15) is 4.79 Å². The second kappa shape index (κ2) is 4.61. The van der Waals surface area contributed by atoms with Crippen LogP contribution in [0, 0.1) is 0 Å². The topological polar surface area (TPSA) is 78.1 Å². The summed E-state index contributed by atoms with van der Waals surface area (Å²) >= 11 is 0. The van der Waals surface area contributed by atoms with Crippen molar-refractivity contribution in [3.63, 3.8) is 0 Å². The third-order valence-electron chi connectivity index (χ3n) is 2.28. The van der Waals surface area contributed by atoms with E-state index in [1.807, 2.05) is 6.07 Å². The lowest BCUT2D eigenvalue weighted by Gasteiger charge is -2.06. The average Bonchev–Trinajstić information content (AvgIpc) is 2.39. The van der Waals surface area contributed by atoms with E-state index in [1.165, 1.54) is 19.5 Å². The molecule has 0 unspecified atom stereocenters. The molecule has 1 heterocycles. The molecule has 0 aliphatic heterocycles. The summed E-state index contributed by atoms with van der Waals surface area (Å²) in [5, 5.41) is 0. The Hall–Kier alpha value is -2.43. The average molecular weight is 229 g/mol. The fourth-order valence-corrected chi connectivity index (χ4v) is 1.47. The predicted octanol–water partition coefficient (Wildman–Crippen LogP) is 1.51. The molecule has 2 N–H and O–H groups in total. The zero-order valence-electron chi connectivity index (χ0n) is 9.25. The summed E-state index contributed by atoms with van der Waals surface area (Å²) in [5.41, 5.74) is 7.17. The van der Waals surface area contributed by atoms with Gasteiger partial charge in [-0.05, 0) is 6.07 Å². The summed E-state index contributed by atoms with van der Waals surface area (Å²) in [5.74, 6) is -0.0662. The number of nitrogens with zero attached hydrogens (tertiary/aromatic N) is 2. The Bertz CT molecular complexity index is 538. The number of rotatable bonds is 2. The van der Waals surface area contributed by atoms with Crippen LogP contribution in [-0.4, -0.2) is 23.0 Å². The molecule has 0 spiro atoms. The third-order valence-corrected chi connectivity index (χ3v) is 2.28. The summed E-state index contributed by atoms with van der Waals surface area (Å²) in [6, 6.07) is 7.05. The maximum absolute atomic E-state index is 11.6. The lowest BCUT2D eigenvalue weighted by Crippen LogP contribution is -2.04. The zero-order chi connectivity index (χ0) is 12.3. The van der Waals surface area contributed by atoms with Crippen molar-refractivity contribution in [3.8, 4) is 11.3 Å². The van der Waals surface area contributed by atoms with Gasteiger partial charge >= 0.3 is 5.97 Å². The van der Waals surface area contributed by atoms with Crippen LogP contribution >= 0.6 is 0 Å². The van der Waals surface area contributed by atoms with E-state index in [4.69, 9.17) is 10.5 Å². The largest absolute Gasteiger partial charge is 0.465 e. The van der Waals surface area contributed by atoms with E-state index >= 15 is 0 Å². The molecule has 0 radical (unpaired) electrons. The molecule has 0 amide bonds. The molecule has 2 rings (SSSR count). The molecule has 0 aliphatic carbocycles. The van der Waals surface area contributed by atoms with Gasteiger partial charge in [0.1, 0.15) is 5.82 Å². The van der Waals surface area contributed by atoms with Gasteiger partial charge in [-0.3, -0.25) is 4.98 Å². The van der Waals surface area contributed by atoms with Crippen molar-refractivity contribution in [2.45, 2.75) is 0 Å². The van der Waals surface area contributed by atoms with Gasteiger partial charge in [0.25, 0.3) is 0 Å². The molecule has 0 bridgehead atoms. The Kier molecular flexibility index (Phi) is 3.00. The van der Waals surface area contributed by atoms with Crippen LogP contribution in [0.5, 0.6) is 0 Å². The number of hydrogen-bond acceptors (Lipinski definition) is 5. The quantitative estimate of drug-likeness (QED) is 0.790. The monoisotopic (exact) mass is 229 g/mol. The number of benzene rings is 1. The minimum absolute atomic E-state index is 0.337. The van der Waals surface area contributed by atoms with Gasteiger partial charge in [0.15, 0.2) is 0 Å². The van der Waals surface area contributed by atoms with E-state index in [0.717, 1.165) is 0 Å². The van der Waals surface area contributed by atoms with Gasteiger partial charge in [0.05, 0.1) is 30.8 Å². The molecule has 0 aliphatic rings. The highest BCUT2D eigenvalue weighted by Crippen LogP contribution is 2.21. The van der Waals surface area contributed by atoms with Crippen LogP contribution in [0.25, 0.3) is 11.3 Å². The lowest BCUT2D eigenvalue weighted by molar-refractivity contribution is 0.0601. The van der Waals surface area contributed by atoms with E-state index in [0.29, 0.717) is 22.6 Å². The van der Waals surface area contributed by atoms with Gasteiger partial charge in [-0.15, -0.1) is 0 Å². The van der Waals surface area contributed by atoms with Crippen LogP contribution in [0.2, 0.25) is 0 Å². The van der Waals surface area contributed by atoms with Gasteiger partial charge in [-0.2, -0.15) is 0 Å². The summed E-state index contributed by atoms with van der Waals surface area (Å²) in [6.45, 7) is 0. The summed E-state index contributed by atoms with van der Waals surface area (Å²) in [4.78, 5) is 19.7. The molecule has 1 aromatic carbocycles. The van der Waals surface area contributed by atoms with Crippen molar-refractivity contribution in [2.24, 2.45) is 0 Å². The van der Waals surface area contributed by atoms with Gasteiger partial charge in [0, 0.05) is 5.56 Å². The highest BCUT2D eigenvalue weighted by atomic mass is 16.5. The van der Waals surface area contributed by atoms with E-state index < -0.39 is 5.97 Å². The minimum Gasteiger partial charge on any atom is -0.465 e.